The van der Waals surface area contributed by atoms with E-state index in [1.165, 1.54) is 16.8 Å². The van der Waals surface area contributed by atoms with E-state index in [4.69, 9.17) is 11.6 Å². The first-order chi connectivity index (χ1) is 9.00. The number of nitrogens with one attached hydrogen (secondary N) is 1. The van der Waals surface area contributed by atoms with E-state index >= 15 is 0 Å². The zero-order valence-electron chi connectivity index (χ0n) is 11.0. The van der Waals surface area contributed by atoms with Crippen molar-refractivity contribution in [1.82, 2.24) is 9.62 Å². The monoisotopic (exact) mass is 302 g/mol. The van der Waals surface area contributed by atoms with E-state index in [0.29, 0.717) is 11.6 Å². The topological polar surface area (TPSA) is 49.4 Å². The van der Waals surface area contributed by atoms with E-state index in [9.17, 15) is 8.42 Å². The Morgan fingerprint density at radius 2 is 2.21 bits per heavy atom. The van der Waals surface area contributed by atoms with E-state index < -0.39 is 10.0 Å². The van der Waals surface area contributed by atoms with Crippen molar-refractivity contribution in [1.29, 1.82) is 0 Å². The van der Waals surface area contributed by atoms with Crippen molar-refractivity contribution in [2.24, 2.45) is 0 Å². The zero-order valence-corrected chi connectivity index (χ0v) is 12.5. The third-order valence-corrected chi connectivity index (χ3v) is 5.45. The van der Waals surface area contributed by atoms with Gasteiger partial charge in [-0.15, -0.1) is 0 Å². The van der Waals surface area contributed by atoms with Gasteiger partial charge in [-0.2, -0.15) is 4.31 Å². The van der Waals surface area contributed by atoms with Crippen molar-refractivity contribution in [3.63, 3.8) is 0 Å². The maximum atomic E-state index is 12.4. The molecule has 1 saturated heterocycles. The fourth-order valence-corrected chi connectivity index (χ4v) is 3.81. The van der Waals surface area contributed by atoms with Crippen LogP contribution in [-0.2, 0) is 10.0 Å². The van der Waals surface area contributed by atoms with Gasteiger partial charge in [-0.05, 0) is 37.6 Å². The summed E-state index contributed by atoms with van der Waals surface area (Å²) in [5.74, 6) is 0. The molecule has 0 aliphatic carbocycles. The number of hydrogen-bond acceptors (Lipinski definition) is 3. The molecule has 0 radical (unpaired) electrons. The lowest BCUT2D eigenvalue weighted by molar-refractivity contribution is 0.337. The average Bonchev–Trinajstić information content (AvgIpc) is 2.40. The second-order valence-electron chi connectivity index (χ2n) is 4.89. The molecule has 1 unspecified atom stereocenters. The molecule has 0 aromatic heterocycles. The molecule has 1 aromatic rings. The number of piperidine rings is 1. The van der Waals surface area contributed by atoms with Crippen LogP contribution in [0.4, 0.5) is 0 Å². The van der Waals surface area contributed by atoms with Crippen LogP contribution in [0.1, 0.15) is 19.3 Å². The van der Waals surface area contributed by atoms with E-state index in [1.807, 2.05) is 0 Å². The Balaban J connectivity index is 2.10. The van der Waals surface area contributed by atoms with Crippen molar-refractivity contribution in [2.75, 3.05) is 20.1 Å². The van der Waals surface area contributed by atoms with Crippen molar-refractivity contribution < 1.29 is 8.42 Å². The van der Waals surface area contributed by atoms with Crippen LogP contribution >= 0.6 is 11.6 Å². The Hall–Kier alpha value is -0.620. The molecule has 1 heterocycles. The fraction of sp³-hybridized carbons (Fsp3) is 0.538. The minimum absolute atomic E-state index is 0.243. The maximum Gasteiger partial charge on any atom is 0.242 e. The Bertz CT molecular complexity index is 527. The number of nitrogens with zero attached hydrogens (tertiary/aromatic N) is 1. The number of likely N-dealkylation sites (N-methyl/N-ethyl adjacent to an activating group) is 1. The van der Waals surface area contributed by atoms with Crippen molar-refractivity contribution in [3.8, 4) is 0 Å². The van der Waals surface area contributed by atoms with Crippen molar-refractivity contribution in [3.05, 3.63) is 29.3 Å². The Morgan fingerprint density at radius 1 is 1.42 bits per heavy atom. The molecule has 106 valence electrons. The Kier molecular flexibility index (Phi) is 4.84. The summed E-state index contributed by atoms with van der Waals surface area (Å²) in [5.41, 5.74) is 0. The number of sulfonamides is 1. The molecular formula is C13H19ClN2O2S. The third-order valence-electron chi connectivity index (χ3n) is 3.39. The standard InChI is InChI=1S/C13H19ClN2O2S/c1-16(10-12-6-2-3-8-15-12)19(17,18)13-7-4-5-11(14)9-13/h4-5,7,9,12,15H,2-3,6,8,10H2,1H3. The molecule has 19 heavy (non-hydrogen) atoms. The summed E-state index contributed by atoms with van der Waals surface area (Å²) in [6, 6.07) is 6.63. The SMILES string of the molecule is CN(CC1CCCCN1)S(=O)(=O)c1cccc(Cl)c1. The summed E-state index contributed by atoms with van der Waals surface area (Å²) in [4.78, 5) is 0.248. The smallest absolute Gasteiger partial charge is 0.242 e. The largest absolute Gasteiger partial charge is 0.313 e. The zero-order chi connectivity index (χ0) is 13.9. The highest BCUT2D eigenvalue weighted by Gasteiger charge is 2.24. The van der Waals surface area contributed by atoms with Crippen LogP contribution in [0.25, 0.3) is 0 Å². The van der Waals surface area contributed by atoms with E-state index in [1.54, 1.807) is 25.2 Å². The molecule has 0 spiro atoms. The van der Waals surface area contributed by atoms with E-state index in [-0.39, 0.29) is 10.9 Å². The lowest BCUT2D eigenvalue weighted by Crippen LogP contribution is -2.44. The lowest BCUT2D eigenvalue weighted by atomic mass is 10.1. The van der Waals surface area contributed by atoms with Crippen LogP contribution in [-0.4, -0.2) is 38.9 Å². The highest BCUT2D eigenvalue weighted by Crippen LogP contribution is 2.19. The van der Waals surface area contributed by atoms with E-state index in [2.05, 4.69) is 5.32 Å². The molecule has 1 aromatic carbocycles. The highest BCUT2D eigenvalue weighted by molar-refractivity contribution is 7.89. The third kappa shape index (κ3) is 3.69. The van der Waals surface area contributed by atoms with Gasteiger partial charge in [-0.3, -0.25) is 0 Å². The minimum atomic E-state index is -3.45. The summed E-state index contributed by atoms with van der Waals surface area (Å²) < 4.78 is 26.2. The second-order valence-corrected chi connectivity index (χ2v) is 7.37. The summed E-state index contributed by atoms with van der Waals surface area (Å²) in [7, 11) is -1.83. The van der Waals surface area contributed by atoms with E-state index in [0.717, 1.165) is 19.4 Å². The maximum absolute atomic E-state index is 12.4. The van der Waals surface area contributed by atoms with Gasteiger partial charge in [0.25, 0.3) is 0 Å². The van der Waals surface area contributed by atoms with Gasteiger partial charge in [-0.1, -0.05) is 24.1 Å². The number of benzene rings is 1. The molecule has 1 aliphatic heterocycles. The summed E-state index contributed by atoms with van der Waals surface area (Å²) in [6.45, 7) is 1.46. The molecule has 0 saturated carbocycles. The average molecular weight is 303 g/mol. The number of halogens is 1. The van der Waals surface area contributed by atoms with Crippen LogP contribution in [0, 0.1) is 0 Å². The molecule has 2 rings (SSSR count). The molecule has 1 aliphatic rings. The molecule has 4 nitrogen and oxygen atoms in total. The second kappa shape index (κ2) is 6.22. The molecular weight excluding hydrogens is 284 g/mol. The molecule has 1 N–H and O–H groups in total. The van der Waals surface area contributed by atoms with Crippen LogP contribution in [0.2, 0.25) is 5.02 Å². The minimum Gasteiger partial charge on any atom is -0.313 e. The Labute approximate surface area is 119 Å². The summed E-state index contributed by atoms with van der Waals surface area (Å²) in [5, 5.41) is 3.79. The molecule has 1 fully saturated rings. The van der Waals surface area contributed by atoms with Gasteiger partial charge in [0.05, 0.1) is 4.90 Å². The van der Waals surface area contributed by atoms with Crippen LogP contribution < -0.4 is 5.32 Å². The van der Waals surface area contributed by atoms with Crippen LogP contribution in [0.3, 0.4) is 0 Å². The summed E-state index contributed by atoms with van der Waals surface area (Å²) in [6.07, 6.45) is 3.35. The first-order valence-electron chi connectivity index (χ1n) is 6.45. The number of hydrogen-bond donors (Lipinski definition) is 1. The highest BCUT2D eigenvalue weighted by atomic mass is 35.5. The first-order valence-corrected chi connectivity index (χ1v) is 8.27. The lowest BCUT2D eigenvalue weighted by Gasteiger charge is -2.27. The van der Waals surface area contributed by atoms with Crippen molar-refractivity contribution in [2.45, 2.75) is 30.2 Å². The van der Waals surface area contributed by atoms with Gasteiger partial charge in [0.1, 0.15) is 0 Å². The molecule has 0 amide bonds. The first kappa shape index (κ1) is 14.8. The predicted molar refractivity (Wildman–Crippen MR) is 76.9 cm³/mol. The van der Waals surface area contributed by atoms with Gasteiger partial charge in [0.15, 0.2) is 0 Å². The van der Waals surface area contributed by atoms with Gasteiger partial charge in [0.2, 0.25) is 10.0 Å². The normalized spacial score (nSPS) is 20.7. The van der Waals surface area contributed by atoms with Crippen LogP contribution in [0.5, 0.6) is 0 Å². The van der Waals surface area contributed by atoms with Crippen molar-refractivity contribution >= 4 is 21.6 Å². The Morgan fingerprint density at radius 3 is 2.84 bits per heavy atom. The molecule has 6 heteroatoms. The van der Waals surface area contributed by atoms with Gasteiger partial charge >= 0.3 is 0 Å². The molecule has 1 atom stereocenters. The fourth-order valence-electron chi connectivity index (χ4n) is 2.30. The quantitative estimate of drug-likeness (QED) is 0.926. The van der Waals surface area contributed by atoms with Crippen LogP contribution in [0.15, 0.2) is 29.2 Å². The predicted octanol–water partition coefficient (Wildman–Crippen LogP) is 2.10. The summed E-state index contributed by atoms with van der Waals surface area (Å²) >= 11 is 5.85. The number of rotatable bonds is 4. The van der Waals surface area contributed by atoms with Gasteiger partial charge in [0, 0.05) is 24.7 Å². The van der Waals surface area contributed by atoms with Gasteiger partial charge in [-0.25, -0.2) is 8.42 Å². The van der Waals surface area contributed by atoms with Gasteiger partial charge < -0.3 is 5.32 Å². The molecule has 0 bridgehead atoms.